The van der Waals surface area contributed by atoms with E-state index in [1.54, 1.807) is 30.1 Å². The smallest absolute Gasteiger partial charge is 0.242 e. The van der Waals surface area contributed by atoms with Crippen molar-refractivity contribution >= 4 is 11.8 Å². The summed E-state index contributed by atoms with van der Waals surface area (Å²) in [7, 11) is 1.55. The maximum Gasteiger partial charge on any atom is 0.242 e. The van der Waals surface area contributed by atoms with Gasteiger partial charge in [0.25, 0.3) is 0 Å². The highest BCUT2D eigenvalue weighted by atomic mass is 16.2. The van der Waals surface area contributed by atoms with E-state index in [2.05, 4.69) is 27.0 Å². The van der Waals surface area contributed by atoms with Crippen molar-refractivity contribution in [2.45, 2.75) is 30.7 Å². The van der Waals surface area contributed by atoms with E-state index < -0.39 is 11.5 Å². The Hall–Kier alpha value is -4.77. The number of hydrogen-bond donors (Lipinski definition) is 2. The van der Waals surface area contributed by atoms with Crippen LogP contribution in [-0.4, -0.2) is 39.9 Å². The Morgan fingerprint density at radius 2 is 1.65 bits per heavy atom. The lowest BCUT2D eigenvalue weighted by Crippen LogP contribution is -2.50. The molecule has 8 nitrogen and oxygen atoms in total. The fourth-order valence-corrected chi connectivity index (χ4v) is 4.48. The maximum atomic E-state index is 13.2. The molecular formula is C29H26N6O2. The first-order chi connectivity index (χ1) is 18.0. The molecule has 2 amide bonds. The van der Waals surface area contributed by atoms with Crippen molar-refractivity contribution in [3.05, 3.63) is 102 Å². The second-order valence-electron chi connectivity index (χ2n) is 9.18. The summed E-state index contributed by atoms with van der Waals surface area (Å²) in [4.78, 5) is 25.8. The SMILES string of the molecule is CNC(=O)C(Cc1cn(-c2ccc(-c3ccc(C#N)cc3)cc2)nn1)NC(=O)C1(c2ccccc2)CC1. The topological polar surface area (TPSA) is 113 Å². The molecule has 1 fully saturated rings. The Morgan fingerprint density at radius 1 is 1.00 bits per heavy atom. The van der Waals surface area contributed by atoms with Crippen molar-refractivity contribution in [3.8, 4) is 22.9 Å². The zero-order valence-corrected chi connectivity index (χ0v) is 20.4. The van der Waals surface area contributed by atoms with Gasteiger partial charge in [0.2, 0.25) is 11.8 Å². The molecule has 1 aliphatic rings. The van der Waals surface area contributed by atoms with Crippen molar-refractivity contribution in [1.29, 1.82) is 5.26 Å². The highest BCUT2D eigenvalue weighted by molar-refractivity contribution is 5.95. The van der Waals surface area contributed by atoms with Gasteiger partial charge >= 0.3 is 0 Å². The number of likely N-dealkylation sites (N-methyl/N-ethyl adjacent to an activating group) is 1. The summed E-state index contributed by atoms with van der Waals surface area (Å²) >= 11 is 0. The number of nitrogens with zero attached hydrogens (tertiary/aromatic N) is 4. The molecule has 2 N–H and O–H groups in total. The molecule has 1 aromatic heterocycles. The number of aromatic nitrogens is 3. The number of rotatable bonds is 8. The Labute approximate surface area is 214 Å². The molecule has 184 valence electrons. The van der Waals surface area contributed by atoms with Crippen LogP contribution in [0.3, 0.4) is 0 Å². The van der Waals surface area contributed by atoms with Crippen LogP contribution < -0.4 is 10.6 Å². The van der Waals surface area contributed by atoms with Gasteiger partial charge in [-0.3, -0.25) is 9.59 Å². The minimum Gasteiger partial charge on any atom is -0.357 e. The first-order valence-electron chi connectivity index (χ1n) is 12.1. The van der Waals surface area contributed by atoms with Gasteiger partial charge in [-0.15, -0.1) is 5.10 Å². The molecule has 1 saturated carbocycles. The lowest BCUT2D eigenvalue weighted by atomic mass is 9.94. The van der Waals surface area contributed by atoms with Crippen molar-refractivity contribution < 1.29 is 9.59 Å². The molecule has 0 aliphatic heterocycles. The van der Waals surface area contributed by atoms with Crippen LogP contribution in [0.5, 0.6) is 0 Å². The third kappa shape index (κ3) is 4.98. The second-order valence-corrected chi connectivity index (χ2v) is 9.18. The molecule has 0 bridgehead atoms. The monoisotopic (exact) mass is 490 g/mol. The van der Waals surface area contributed by atoms with Crippen molar-refractivity contribution in [1.82, 2.24) is 25.6 Å². The van der Waals surface area contributed by atoms with Crippen LogP contribution in [0.15, 0.2) is 85.1 Å². The van der Waals surface area contributed by atoms with Crippen molar-refractivity contribution in [2.75, 3.05) is 7.05 Å². The molecule has 3 aromatic carbocycles. The van der Waals surface area contributed by atoms with Crippen LogP contribution in [0.4, 0.5) is 0 Å². The maximum absolute atomic E-state index is 13.2. The molecule has 1 atom stereocenters. The van der Waals surface area contributed by atoms with Crippen LogP contribution in [-0.2, 0) is 21.4 Å². The molecule has 1 heterocycles. The van der Waals surface area contributed by atoms with E-state index >= 15 is 0 Å². The molecule has 4 aromatic rings. The Bertz CT molecular complexity index is 1450. The molecule has 0 saturated heterocycles. The lowest BCUT2D eigenvalue weighted by Gasteiger charge is -2.21. The minimum absolute atomic E-state index is 0.141. The third-order valence-electron chi connectivity index (χ3n) is 6.81. The van der Waals surface area contributed by atoms with Crippen LogP contribution >= 0.6 is 0 Å². The highest BCUT2D eigenvalue weighted by Crippen LogP contribution is 2.48. The Morgan fingerprint density at radius 3 is 2.24 bits per heavy atom. The average Bonchev–Trinajstić information content (AvgIpc) is 3.65. The van der Waals surface area contributed by atoms with Gasteiger partial charge in [0.05, 0.1) is 34.6 Å². The number of carbonyl (C=O) groups excluding carboxylic acids is 2. The Kier molecular flexibility index (Phi) is 6.52. The average molecular weight is 491 g/mol. The second kappa shape index (κ2) is 10.1. The summed E-state index contributed by atoms with van der Waals surface area (Å²) in [5.41, 5.74) is 4.46. The Balaban J connectivity index is 1.29. The number of nitrogens with one attached hydrogen (secondary N) is 2. The summed E-state index contributed by atoms with van der Waals surface area (Å²) in [6.07, 6.45) is 3.51. The van der Waals surface area contributed by atoms with E-state index in [4.69, 9.17) is 5.26 Å². The van der Waals surface area contributed by atoms with Gasteiger partial charge in [-0.2, -0.15) is 5.26 Å². The first-order valence-corrected chi connectivity index (χ1v) is 12.1. The number of hydrogen-bond acceptors (Lipinski definition) is 5. The lowest BCUT2D eigenvalue weighted by molar-refractivity contribution is -0.130. The largest absolute Gasteiger partial charge is 0.357 e. The van der Waals surface area contributed by atoms with E-state index in [1.807, 2.05) is 66.7 Å². The molecule has 0 spiro atoms. The first kappa shape index (κ1) is 23.9. The fourth-order valence-electron chi connectivity index (χ4n) is 4.48. The summed E-state index contributed by atoms with van der Waals surface area (Å²) in [6.45, 7) is 0. The standard InChI is InChI=1S/C29H26N6O2/c1-31-27(36)26(32-28(37)29(15-16-29)23-5-3-2-4-6-23)17-24-19-35(34-33-24)25-13-11-22(12-14-25)21-9-7-20(18-30)8-10-21/h2-14,19,26H,15-17H2,1H3,(H,31,36)(H,32,37). The number of benzene rings is 3. The zero-order valence-electron chi connectivity index (χ0n) is 20.4. The molecule has 1 unspecified atom stereocenters. The van der Waals surface area contributed by atoms with E-state index in [0.717, 1.165) is 35.2 Å². The summed E-state index contributed by atoms with van der Waals surface area (Å²) in [6, 6.07) is 26.3. The van der Waals surface area contributed by atoms with E-state index in [0.29, 0.717) is 11.3 Å². The molecule has 37 heavy (non-hydrogen) atoms. The third-order valence-corrected chi connectivity index (χ3v) is 6.81. The minimum atomic E-state index is -0.761. The summed E-state index contributed by atoms with van der Waals surface area (Å²) in [5.74, 6) is -0.420. The van der Waals surface area contributed by atoms with Gasteiger partial charge in [0, 0.05) is 13.5 Å². The quantitative estimate of drug-likeness (QED) is 0.394. The van der Waals surface area contributed by atoms with E-state index in [9.17, 15) is 9.59 Å². The van der Waals surface area contributed by atoms with Gasteiger partial charge in [0.1, 0.15) is 6.04 Å². The molecule has 0 radical (unpaired) electrons. The van der Waals surface area contributed by atoms with Gasteiger partial charge < -0.3 is 10.6 Å². The van der Waals surface area contributed by atoms with Gasteiger partial charge in [0.15, 0.2) is 0 Å². The summed E-state index contributed by atoms with van der Waals surface area (Å²) in [5, 5.41) is 23.0. The van der Waals surface area contributed by atoms with Crippen LogP contribution in [0.2, 0.25) is 0 Å². The molecular weight excluding hydrogens is 464 g/mol. The van der Waals surface area contributed by atoms with E-state index in [1.165, 1.54) is 0 Å². The number of amides is 2. The fraction of sp³-hybridized carbons (Fsp3) is 0.207. The van der Waals surface area contributed by atoms with Crippen LogP contribution in [0.1, 0.15) is 29.7 Å². The van der Waals surface area contributed by atoms with Crippen molar-refractivity contribution in [2.24, 2.45) is 0 Å². The number of nitriles is 1. The van der Waals surface area contributed by atoms with Crippen LogP contribution in [0.25, 0.3) is 16.8 Å². The van der Waals surface area contributed by atoms with Crippen LogP contribution in [0, 0.1) is 11.3 Å². The highest BCUT2D eigenvalue weighted by Gasteiger charge is 2.51. The van der Waals surface area contributed by atoms with Gasteiger partial charge in [-0.25, -0.2) is 4.68 Å². The molecule has 8 heteroatoms. The summed E-state index contributed by atoms with van der Waals surface area (Å²) < 4.78 is 1.65. The molecule has 5 rings (SSSR count). The molecule has 1 aliphatic carbocycles. The zero-order chi connectivity index (χ0) is 25.8. The predicted octanol–water partition coefficient (Wildman–Crippen LogP) is 3.31. The van der Waals surface area contributed by atoms with Crippen molar-refractivity contribution in [3.63, 3.8) is 0 Å². The predicted molar refractivity (Wildman–Crippen MR) is 139 cm³/mol. The van der Waals surface area contributed by atoms with E-state index in [-0.39, 0.29) is 18.2 Å². The van der Waals surface area contributed by atoms with Gasteiger partial charge in [-0.05, 0) is 53.8 Å². The van der Waals surface area contributed by atoms with Gasteiger partial charge in [-0.1, -0.05) is 59.8 Å². The number of carbonyl (C=O) groups is 2. The normalized spacial score (nSPS) is 14.3.